The first-order valence-electron chi connectivity index (χ1n) is 14.0. The van der Waals surface area contributed by atoms with Crippen molar-refractivity contribution in [2.24, 2.45) is 0 Å². The van der Waals surface area contributed by atoms with E-state index in [0.717, 1.165) is 59.5 Å². The molecule has 2 aromatic carbocycles. The second kappa shape index (κ2) is 12.2. The SMILES string of the molecule is CCc1cnc(N2CCC(c3nc(COc4ccc(/C=C5\CC(=O)N(c6ccccc6)C5=O)cc4F)cs3)CC2)nc1. The molecule has 214 valence electrons. The van der Waals surface area contributed by atoms with Gasteiger partial charge >= 0.3 is 0 Å². The number of imide groups is 1. The molecule has 2 amide bonds. The summed E-state index contributed by atoms with van der Waals surface area (Å²) in [5.41, 5.74) is 3.22. The maximum atomic E-state index is 14.9. The van der Waals surface area contributed by atoms with Crippen LogP contribution < -0.4 is 14.5 Å². The number of anilines is 2. The molecule has 0 bridgehead atoms. The van der Waals surface area contributed by atoms with Crippen LogP contribution in [0.25, 0.3) is 6.08 Å². The van der Waals surface area contributed by atoms with Crippen molar-refractivity contribution in [2.45, 2.75) is 45.1 Å². The standard InChI is InChI=1S/C32H30FN5O3S/c1-2-21-17-34-32(35-18-21)37-12-10-23(11-13-37)30-36-25(20-42-30)19-41-28-9-8-22(15-27(28)33)14-24-16-29(39)38(31(24)40)26-6-4-3-5-7-26/h3-9,14-15,17-18,20,23H,2,10-13,16,19H2,1H3/b24-14+. The molecule has 0 radical (unpaired) electrons. The number of rotatable bonds is 8. The molecule has 8 nitrogen and oxygen atoms in total. The molecule has 6 rings (SSSR count). The van der Waals surface area contributed by atoms with Crippen LogP contribution in [-0.4, -0.2) is 39.9 Å². The fraction of sp³-hybridized carbons (Fsp3) is 0.281. The fourth-order valence-corrected chi connectivity index (χ4v) is 6.17. The Balaban J connectivity index is 1.04. The summed E-state index contributed by atoms with van der Waals surface area (Å²) in [6.07, 6.45) is 8.18. The predicted molar refractivity (Wildman–Crippen MR) is 160 cm³/mol. The van der Waals surface area contributed by atoms with Crippen molar-refractivity contribution in [1.29, 1.82) is 0 Å². The molecule has 4 aromatic rings. The molecule has 0 saturated carbocycles. The van der Waals surface area contributed by atoms with E-state index in [0.29, 0.717) is 22.7 Å². The number of hydrogen-bond acceptors (Lipinski definition) is 8. The van der Waals surface area contributed by atoms with Crippen LogP contribution in [0.2, 0.25) is 0 Å². The zero-order valence-corrected chi connectivity index (χ0v) is 24.0. The third-order valence-corrected chi connectivity index (χ3v) is 8.61. The maximum absolute atomic E-state index is 14.9. The van der Waals surface area contributed by atoms with E-state index in [9.17, 15) is 14.0 Å². The number of piperidine rings is 1. The highest BCUT2D eigenvalue weighted by atomic mass is 32.1. The summed E-state index contributed by atoms with van der Waals surface area (Å²) in [4.78, 5) is 42.5. The molecule has 0 unspecified atom stereocenters. The number of benzene rings is 2. The van der Waals surface area contributed by atoms with Crippen LogP contribution in [0.4, 0.5) is 16.0 Å². The number of hydrogen-bond donors (Lipinski definition) is 0. The van der Waals surface area contributed by atoms with E-state index in [2.05, 4.69) is 21.8 Å². The Hall–Kier alpha value is -4.44. The first-order chi connectivity index (χ1) is 20.5. The largest absolute Gasteiger partial charge is 0.484 e. The third kappa shape index (κ3) is 5.94. The maximum Gasteiger partial charge on any atom is 0.261 e. The van der Waals surface area contributed by atoms with Crippen molar-refractivity contribution in [3.05, 3.63) is 99.5 Å². The van der Waals surface area contributed by atoms with Gasteiger partial charge < -0.3 is 9.64 Å². The summed E-state index contributed by atoms with van der Waals surface area (Å²) in [5, 5.41) is 3.03. The van der Waals surface area contributed by atoms with Crippen LogP contribution in [0.15, 0.2) is 71.9 Å². The number of halogens is 1. The highest BCUT2D eigenvalue weighted by Crippen LogP contribution is 2.32. The Morgan fingerprint density at radius 2 is 1.83 bits per heavy atom. The van der Waals surface area contributed by atoms with Crippen molar-refractivity contribution >= 4 is 40.9 Å². The number of para-hydroxylation sites is 1. The molecule has 10 heteroatoms. The number of carbonyl (C=O) groups excluding carboxylic acids is 2. The molecule has 2 aliphatic rings. The Morgan fingerprint density at radius 1 is 1.07 bits per heavy atom. The van der Waals surface area contributed by atoms with E-state index < -0.39 is 11.7 Å². The average molecular weight is 584 g/mol. The molecular weight excluding hydrogens is 553 g/mol. The van der Waals surface area contributed by atoms with Crippen LogP contribution in [0, 0.1) is 5.82 Å². The molecule has 2 saturated heterocycles. The van der Waals surface area contributed by atoms with Gasteiger partial charge in [0.05, 0.1) is 22.8 Å². The number of aryl methyl sites for hydroxylation is 1. The van der Waals surface area contributed by atoms with Gasteiger partial charge in [0.2, 0.25) is 11.9 Å². The predicted octanol–water partition coefficient (Wildman–Crippen LogP) is 5.94. The molecule has 4 heterocycles. The lowest BCUT2D eigenvalue weighted by Gasteiger charge is -2.31. The second-order valence-electron chi connectivity index (χ2n) is 10.4. The van der Waals surface area contributed by atoms with Gasteiger partial charge in [0.1, 0.15) is 6.61 Å². The number of aromatic nitrogens is 3. The lowest BCUT2D eigenvalue weighted by molar-refractivity contribution is -0.120. The van der Waals surface area contributed by atoms with Gasteiger partial charge in [-0.3, -0.25) is 9.59 Å². The van der Waals surface area contributed by atoms with E-state index in [-0.39, 0.29) is 24.7 Å². The summed E-state index contributed by atoms with van der Waals surface area (Å²) in [6, 6.07) is 13.3. The highest BCUT2D eigenvalue weighted by molar-refractivity contribution is 7.09. The summed E-state index contributed by atoms with van der Waals surface area (Å²) in [5.74, 6) is 0.00662. The minimum atomic E-state index is -0.543. The van der Waals surface area contributed by atoms with E-state index in [1.165, 1.54) is 12.1 Å². The Kier molecular flexibility index (Phi) is 8.05. The van der Waals surface area contributed by atoms with Gasteiger partial charge in [0.25, 0.3) is 5.91 Å². The van der Waals surface area contributed by atoms with Gasteiger partial charge in [0, 0.05) is 42.4 Å². The van der Waals surface area contributed by atoms with Crippen molar-refractivity contribution in [2.75, 3.05) is 22.9 Å². The zero-order valence-electron chi connectivity index (χ0n) is 23.2. The van der Waals surface area contributed by atoms with Gasteiger partial charge in [-0.05, 0) is 60.7 Å². The molecule has 0 N–H and O–H groups in total. The quantitative estimate of drug-likeness (QED) is 0.187. The Morgan fingerprint density at radius 3 is 2.55 bits per heavy atom. The molecule has 2 aromatic heterocycles. The van der Waals surface area contributed by atoms with Crippen LogP contribution in [0.3, 0.4) is 0 Å². The second-order valence-corrected chi connectivity index (χ2v) is 11.3. The van der Waals surface area contributed by atoms with Crippen molar-refractivity contribution in [3.8, 4) is 5.75 Å². The van der Waals surface area contributed by atoms with Crippen molar-refractivity contribution < 1.29 is 18.7 Å². The number of carbonyl (C=O) groups is 2. The average Bonchev–Trinajstić information content (AvgIpc) is 3.61. The first-order valence-corrected chi connectivity index (χ1v) is 14.9. The molecule has 2 aliphatic heterocycles. The van der Waals surface area contributed by atoms with Gasteiger partial charge in [-0.25, -0.2) is 24.2 Å². The van der Waals surface area contributed by atoms with E-state index in [1.807, 2.05) is 23.8 Å². The molecular formula is C32H30FN5O3S. The topological polar surface area (TPSA) is 88.5 Å². The van der Waals surface area contributed by atoms with Crippen molar-refractivity contribution in [1.82, 2.24) is 15.0 Å². The molecule has 0 aliphatic carbocycles. The van der Waals surface area contributed by atoms with Crippen LogP contribution >= 0.6 is 11.3 Å². The zero-order chi connectivity index (χ0) is 29.1. The number of amides is 2. The van der Waals surface area contributed by atoms with Gasteiger partial charge in [-0.1, -0.05) is 31.2 Å². The lowest BCUT2D eigenvalue weighted by Crippen LogP contribution is -2.34. The molecule has 0 atom stereocenters. The van der Waals surface area contributed by atoms with E-state index in [1.54, 1.807) is 47.7 Å². The lowest BCUT2D eigenvalue weighted by atomic mass is 9.98. The van der Waals surface area contributed by atoms with E-state index >= 15 is 0 Å². The Labute approximate surface area is 247 Å². The number of nitrogens with zero attached hydrogens (tertiary/aromatic N) is 5. The molecule has 2 fully saturated rings. The molecule has 42 heavy (non-hydrogen) atoms. The van der Waals surface area contributed by atoms with Gasteiger partial charge in [-0.2, -0.15) is 0 Å². The third-order valence-electron chi connectivity index (χ3n) is 7.55. The number of ether oxygens (including phenoxy) is 1. The minimum absolute atomic E-state index is 0.0292. The van der Waals surface area contributed by atoms with Gasteiger partial charge in [-0.15, -0.1) is 11.3 Å². The normalized spacial score (nSPS) is 17.0. The monoisotopic (exact) mass is 583 g/mol. The summed E-state index contributed by atoms with van der Waals surface area (Å²) in [7, 11) is 0. The Bertz CT molecular complexity index is 1610. The smallest absolute Gasteiger partial charge is 0.261 e. The summed E-state index contributed by atoms with van der Waals surface area (Å²) in [6.45, 7) is 4.00. The fourth-order valence-electron chi connectivity index (χ4n) is 5.20. The minimum Gasteiger partial charge on any atom is -0.484 e. The first kappa shape index (κ1) is 27.7. The van der Waals surface area contributed by atoms with Crippen molar-refractivity contribution in [3.63, 3.8) is 0 Å². The van der Waals surface area contributed by atoms with E-state index in [4.69, 9.17) is 9.72 Å². The summed E-state index contributed by atoms with van der Waals surface area (Å²) < 4.78 is 20.7. The van der Waals surface area contributed by atoms with Crippen LogP contribution in [0.1, 0.15) is 53.9 Å². The number of thiazole rings is 1. The highest BCUT2D eigenvalue weighted by Gasteiger charge is 2.34. The van der Waals surface area contributed by atoms with Crippen LogP contribution in [0.5, 0.6) is 5.75 Å². The molecule has 0 spiro atoms. The summed E-state index contributed by atoms with van der Waals surface area (Å²) >= 11 is 1.61. The van der Waals surface area contributed by atoms with Gasteiger partial charge in [0.15, 0.2) is 11.6 Å². The van der Waals surface area contributed by atoms with Crippen LogP contribution in [-0.2, 0) is 22.6 Å².